The lowest BCUT2D eigenvalue weighted by Crippen LogP contribution is -2.03. The Morgan fingerprint density at radius 3 is 0.692 bits per heavy atom. The Hall–Kier alpha value is -4.60. The zero-order valence-electron chi connectivity index (χ0n) is 30.4. The van der Waals surface area contributed by atoms with Crippen LogP contribution in [0.3, 0.4) is 0 Å². The zero-order valence-corrected chi connectivity index (χ0v) is 33.6. The maximum atomic E-state index is 5.46. The van der Waals surface area contributed by atoms with Gasteiger partial charge in [0, 0.05) is 41.8 Å². The van der Waals surface area contributed by atoms with Gasteiger partial charge in [-0.3, -0.25) is 0 Å². The third-order valence-corrected chi connectivity index (χ3v) is 15.5. The summed E-state index contributed by atoms with van der Waals surface area (Å²) in [4.78, 5) is 26.6. The molecule has 5 aliphatic rings. The van der Waals surface area contributed by atoms with Gasteiger partial charge in [0.1, 0.15) is 0 Å². The van der Waals surface area contributed by atoms with Crippen molar-refractivity contribution in [3.05, 3.63) is 157 Å². The van der Waals surface area contributed by atoms with Gasteiger partial charge in [0.2, 0.25) is 0 Å². The average Bonchev–Trinajstić information content (AvgIpc) is 3.99. The third kappa shape index (κ3) is 5.18. The molecule has 0 N–H and O–H groups in total. The molecule has 0 saturated carbocycles. The van der Waals surface area contributed by atoms with E-state index < -0.39 is 0 Å². The minimum Gasteiger partial charge on any atom is -0.248 e. The monoisotopic (exact) mass is 748 g/mol. The van der Waals surface area contributed by atoms with Crippen LogP contribution in [0.15, 0.2) is 113 Å². The molecule has 0 aromatic carbocycles. The lowest BCUT2D eigenvalue weighted by atomic mass is 10.0. The lowest BCUT2D eigenvalue weighted by Gasteiger charge is -2.12. The van der Waals surface area contributed by atoms with Gasteiger partial charge in [-0.2, -0.15) is 0 Å². The summed E-state index contributed by atoms with van der Waals surface area (Å²) < 4.78 is 0. The molecule has 0 fully saturated rings. The minimum absolute atomic E-state index is 0.919. The molecule has 0 unspecified atom stereocenters. The third-order valence-electron chi connectivity index (χ3n) is 10.7. The highest BCUT2D eigenvalue weighted by Crippen LogP contribution is 2.43. The number of hydrogen-bond acceptors (Lipinski definition) is 8. The molecule has 0 radical (unpaired) electrons. The highest BCUT2D eigenvalue weighted by molar-refractivity contribution is 7.13. The molecule has 0 atom stereocenters. The van der Waals surface area contributed by atoms with Gasteiger partial charge in [-0.25, -0.2) is 20.0 Å². The van der Waals surface area contributed by atoms with Crippen LogP contribution in [0.1, 0.15) is 64.0 Å². The highest BCUT2D eigenvalue weighted by atomic mass is 32.1. The quantitative estimate of drug-likeness (QED) is 0.200. The van der Waals surface area contributed by atoms with Crippen molar-refractivity contribution in [1.29, 1.82) is 0 Å². The molecule has 5 aliphatic heterocycles. The molecular weight excluding hydrogens is 713 g/mol. The molecule has 8 heteroatoms. The van der Waals surface area contributed by atoms with Gasteiger partial charge in [0.15, 0.2) is 0 Å². The van der Waals surface area contributed by atoms with Crippen LogP contribution in [-0.4, -0.2) is 22.8 Å². The predicted molar refractivity (Wildman–Crippen MR) is 229 cm³/mol. The van der Waals surface area contributed by atoms with Crippen LogP contribution in [0, 0.1) is 55.4 Å². The summed E-state index contributed by atoms with van der Waals surface area (Å²) in [5.74, 6) is 0. The van der Waals surface area contributed by atoms with Gasteiger partial charge in [-0.1, -0.05) is 0 Å². The van der Waals surface area contributed by atoms with Crippen molar-refractivity contribution in [3.63, 3.8) is 0 Å². The fourth-order valence-corrected chi connectivity index (χ4v) is 11.6. The molecule has 0 spiro atoms. The van der Waals surface area contributed by atoms with Gasteiger partial charge in [0.25, 0.3) is 0 Å². The smallest absolute Gasteiger partial charge is 0.0746 e. The topological polar surface area (TPSA) is 49.4 Å². The van der Waals surface area contributed by atoms with Crippen molar-refractivity contribution in [1.82, 2.24) is 0 Å². The summed E-state index contributed by atoms with van der Waals surface area (Å²) in [6, 6.07) is 0. The van der Waals surface area contributed by atoms with Crippen molar-refractivity contribution in [2.45, 2.75) is 55.4 Å². The highest BCUT2D eigenvalue weighted by Gasteiger charge is 2.30. The molecule has 0 amide bonds. The van der Waals surface area contributed by atoms with Crippen molar-refractivity contribution >= 4 is 90.5 Å². The van der Waals surface area contributed by atoms with Crippen molar-refractivity contribution in [3.8, 4) is 0 Å². The first-order valence-corrected chi connectivity index (χ1v) is 20.9. The van der Waals surface area contributed by atoms with Crippen LogP contribution >= 0.6 is 45.3 Å². The van der Waals surface area contributed by atoms with E-state index in [1.165, 1.54) is 64.0 Å². The van der Waals surface area contributed by atoms with Gasteiger partial charge in [0.05, 0.1) is 45.6 Å². The maximum absolute atomic E-state index is 5.46. The van der Waals surface area contributed by atoms with Crippen LogP contribution in [0.4, 0.5) is 0 Å². The molecule has 256 valence electrons. The van der Waals surface area contributed by atoms with Crippen molar-refractivity contribution in [2.75, 3.05) is 0 Å². The summed E-state index contributed by atoms with van der Waals surface area (Å²) >= 11 is 7.07. The molecule has 8 bridgehead atoms. The predicted octanol–water partition coefficient (Wildman–Crippen LogP) is 12.4. The number of thiophene rings is 4. The molecule has 9 rings (SSSR count). The SMILES string of the molecule is Cc1csc(C2=C3C=CC(=N3)C(c3scc(C)c3C)=C3C=CC(=N3)C(c3scc(C)c3C)=C3C=CC(=N3)C(c3scc(C)c3C)=C3C=CC2=N3)c1C. The first-order chi connectivity index (χ1) is 25.1. The Balaban J connectivity index is 1.40. The van der Waals surface area contributed by atoms with Crippen LogP contribution < -0.4 is 0 Å². The van der Waals surface area contributed by atoms with E-state index in [4.69, 9.17) is 20.0 Å². The van der Waals surface area contributed by atoms with Gasteiger partial charge in [-0.05, 0) is 170 Å². The molecule has 0 aliphatic carbocycles. The van der Waals surface area contributed by atoms with E-state index in [1.54, 1.807) is 45.3 Å². The van der Waals surface area contributed by atoms with E-state index in [2.05, 4.69) is 126 Å². The Labute approximate surface area is 320 Å². The zero-order chi connectivity index (χ0) is 36.0. The van der Waals surface area contributed by atoms with Gasteiger partial charge < -0.3 is 0 Å². The number of fused-ring (bicyclic) bond motifs is 4. The first kappa shape index (κ1) is 33.3. The molecular formula is C44H36N4S4. The number of aliphatic imine (C=N–C) groups is 4. The molecule has 9 heterocycles. The van der Waals surface area contributed by atoms with Crippen LogP contribution in [0.2, 0.25) is 0 Å². The molecule has 4 aromatic rings. The number of allylic oxidation sites excluding steroid dienone is 12. The first-order valence-electron chi connectivity index (χ1n) is 17.3. The summed E-state index contributed by atoms with van der Waals surface area (Å²) in [5.41, 5.74) is 21.7. The fraction of sp³-hybridized carbons (Fsp3) is 0.182. The largest absolute Gasteiger partial charge is 0.248 e. The van der Waals surface area contributed by atoms with Gasteiger partial charge in [-0.15, -0.1) is 45.3 Å². The van der Waals surface area contributed by atoms with Crippen molar-refractivity contribution in [2.24, 2.45) is 20.0 Å². The van der Waals surface area contributed by atoms with E-state index in [0.717, 1.165) is 67.9 Å². The molecule has 4 nitrogen and oxygen atoms in total. The van der Waals surface area contributed by atoms with E-state index in [-0.39, 0.29) is 0 Å². The molecule has 0 saturated heterocycles. The van der Waals surface area contributed by atoms with E-state index in [0.29, 0.717) is 0 Å². The number of hydrogen-bond donors (Lipinski definition) is 0. The van der Waals surface area contributed by atoms with E-state index in [9.17, 15) is 0 Å². The molecule has 4 aromatic heterocycles. The van der Waals surface area contributed by atoms with Crippen molar-refractivity contribution < 1.29 is 0 Å². The standard InChI is InChI=1S/C44H36N4S4/c1-21-17-49-41(25(21)5)37-29-9-11-31(45-29)38(42-26(6)22(2)18-50-42)33-13-15-35(47-33)40(44-28(8)24(4)20-52-44)36-16-14-34(48-36)39(32-12-10-30(37)46-32)43-27(7)23(3)19-51-43/h9-20H,1-8H3. The van der Waals surface area contributed by atoms with E-state index >= 15 is 0 Å². The fourth-order valence-electron chi connectivity index (χ4n) is 7.02. The van der Waals surface area contributed by atoms with Crippen LogP contribution in [0.5, 0.6) is 0 Å². The second-order valence-electron chi connectivity index (χ2n) is 13.9. The number of aryl methyl sites for hydroxylation is 4. The second-order valence-corrected chi connectivity index (χ2v) is 17.4. The minimum atomic E-state index is 0.919. The second kappa shape index (κ2) is 12.5. The number of rotatable bonds is 4. The lowest BCUT2D eigenvalue weighted by molar-refractivity contribution is 1.36. The summed E-state index contributed by atoms with van der Waals surface area (Å²) in [6.45, 7) is 17.6. The van der Waals surface area contributed by atoms with E-state index in [1.807, 2.05) is 0 Å². The Morgan fingerprint density at radius 2 is 0.519 bits per heavy atom. The summed E-state index contributed by atoms with van der Waals surface area (Å²) in [7, 11) is 0. The average molecular weight is 749 g/mol. The Morgan fingerprint density at radius 1 is 0.308 bits per heavy atom. The Kier molecular flexibility index (Phi) is 8.01. The molecule has 52 heavy (non-hydrogen) atoms. The Bertz CT molecular complexity index is 2310. The van der Waals surface area contributed by atoms with Crippen LogP contribution in [-0.2, 0) is 0 Å². The maximum Gasteiger partial charge on any atom is 0.0746 e. The number of nitrogens with zero attached hydrogens (tertiary/aromatic N) is 4. The van der Waals surface area contributed by atoms with Gasteiger partial charge >= 0.3 is 0 Å². The van der Waals surface area contributed by atoms with Crippen LogP contribution in [0.25, 0.3) is 22.3 Å². The summed E-state index contributed by atoms with van der Waals surface area (Å²) in [5, 5.41) is 8.96. The summed E-state index contributed by atoms with van der Waals surface area (Å²) in [6.07, 6.45) is 17.4. The normalized spacial score (nSPS) is 17.8.